The molecule has 2 aromatic rings. The van der Waals surface area contributed by atoms with Gasteiger partial charge in [0.05, 0.1) is 23.8 Å². The smallest absolute Gasteiger partial charge is 0.250 e. The highest BCUT2D eigenvalue weighted by atomic mass is 35.5. The van der Waals surface area contributed by atoms with E-state index in [-0.39, 0.29) is 18.5 Å². The van der Waals surface area contributed by atoms with Crippen LogP contribution >= 0.6 is 24.0 Å². The second-order valence-corrected chi connectivity index (χ2v) is 6.91. The fourth-order valence-electron chi connectivity index (χ4n) is 2.64. The molecule has 1 aromatic carbocycles. The van der Waals surface area contributed by atoms with E-state index in [9.17, 15) is 0 Å². The maximum atomic E-state index is 6.32. The van der Waals surface area contributed by atoms with Crippen LogP contribution in [0, 0.1) is 0 Å². The van der Waals surface area contributed by atoms with Gasteiger partial charge in [-0.1, -0.05) is 16.8 Å². The van der Waals surface area contributed by atoms with Crippen molar-refractivity contribution in [3.05, 3.63) is 34.4 Å². The summed E-state index contributed by atoms with van der Waals surface area (Å²) in [5.74, 6) is 2.08. The Morgan fingerprint density at radius 3 is 2.62 bits per heavy atom. The Bertz CT molecular complexity index is 786. The van der Waals surface area contributed by atoms with Crippen molar-refractivity contribution in [3.8, 4) is 11.5 Å². The molecule has 6 nitrogen and oxygen atoms in total. The standard InChI is InChI=1S/C18H22ClN3O3.ClH/c1-11(2)24-16-13(19)9-12(10-14(16)23-3)5-6-15-21-17(22-25-15)18(20)7-4-8-18;/h5-6,9-11H,4,7-8,20H2,1-3H3;1H/b6-5+;. The highest BCUT2D eigenvalue weighted by Gasteiger charge is 2.38. The minimum Gasteiger partial charge on any atom is -0.493 e. The van der Waals surface area contributed by atoms with Gasteiger partial charge >= 0.3 is 0 Å². The first-order valence-electron chi connectivity index (χ1n) is 8.26. The van der Waals surface area contributed by atoms with Crippen molar-refractivity contribution in [1.29, 1.82) is 0 Å². The number of benzene rings is 1. The summed E-state index contributed by atoms with van der Waals surface area (Å²) in [6, 6.07) is 3.64. The van der Waals surface area contributed by atoms with Crippen LogP contribution in [-0.4, -0.2) is 23.4 Å². The van der Waals surface area contributed by atoms with E-state index in [0.717, 1.165) is 24.8 Å². The highest BCUT2D eigenvalue weighted by molar-refractivity contribution is 6.32. The van der Waals surface area contributed by atoms with Gasteiger partial charge < -0.3 is 19.7 Å². The first-order chi connectivity index (χ1) is 11.9. The molecule has 0 atom stereocenters. The Hall–Kier alpha value is -1.76. The van der Waals surface area contributed by atoms with Crippen LogP contribution < -0.4 is 15.2 Å². The van der Waals surface area contributed by atoms with Crippen molar-refractivity contribution in [2.45, 2.75) is 44.8 Å². The Balaban J connectivity index is 0.00000243. The van der Waals surface area contributed by atoms with Gasteiger partial charge in [0, 0.05) is 6.08 Å². The number of halogens is 2. The minimum atomic E-state index is -0.433. The van der Waals surface area contributed by atoms with E-state index in [0.29, 0.717) is 28.2 Å². The molecule has 3 rings (SSSR count). The molecule has 1 fully saturated rings. The molecule has 1 aliphatic carbocycles. The number of methoxy groups -OCH3 is 1. The number of aromatic nitrogens is 2. The summed E-state index contributed by atoms with van der Waals surface area (Å²) in [5.41, 5.74) is 6.61. The van der Waals surface area contributed by atoms with Crippen LogP contribution in [0.15, 0.2) is 16.7 Å². The number of nitrogens with two attached hydrogens (primary N) is 1. The predicted molar refractivity (Wildman–Crippen MR) is 104 cm³/mol. The van der Waals surface area contributed by atoms with Gasteiger partial charge in [0.1, 0.15) is 0 Å². The van der Waals surface area contributed by atoms with Crippen LogP contribution in [-0.2, 0) is 5.54 Å². The molecule has 1 saturated carbocycles. The average Bonchev–Trinajstić information content (AvgIpc) is 3.01. The predicted octanol–water partition coefficient (Wildman–Crippen LogP) is 4.45. The van der Waals surface area contributed by atoms with E-state index in [2.05, 4.69) is 10.1 Å². The van der Waals surface area contributed by atoms with Gasteiger partial charge in [-0.15, -0.1) is 12.4 Å². The van der Waals surface area contributed by atoms with Gasteiger partial charge in [-0.25, -0.2) is 0 Å². The monoisotopic (exact) mass is 399 g/mol. The summed E-state index contributed by atoms with van der Waals surface area (Å²) in [6.07, 6.45) is 6.43. The molecule has 1 aliphatic rings. The maximum absolute atomic E-state index is 6.32. The highest BCUT2D eigenvalue weighted by Crippen LogP contribution is 2.38. The first kappa shape index (κ1) is 20.6. The molecule has 8 heteroatoms. The molecule has 1 heterocycles. The summed E-state index contributed by atoms with van der Waals surface area (Å²) < 4.78 is 16.3. The third-order valence-corrected chi connectivity index (χ3v) is 4.44. The number of hydrogen-bond donors (Lipinski definition) is 1. The van der Waals surface area contributed by atoms with Crippen LogP contribution in [0.5, 0.6) is 11.5 Å². The van der Waals surface area contributed by atoms with Crippen LogP contribution in [0.1, 0.15) is 50.4 Å². The Labute approximate surface area is 164 Å². The van der Waals surface area contributed by atoms with E-state index >= 15 is 0 Å². The van der Waals surface area contributed by atoms with Crippen molar-refractivity contribution in [3.63, 3.8) is 0 Å². The molecule has 2 N–H and O–H groups in total. The Morgan fingerprint density at radius 1 is 1.31 bits per heavy atom. The largest absolute Gasteiger partial charge is 0.493 e. The van der Waals surface area contributed by atoms with Crippen LogP contribution in [0.2, 0.25) is 5.02 Å². The number of rotatable bonds is 6. The molecule has 0 amide bonds. The third kappa shape index (κ3) is 4.31. The van der Waals surface area contributed by atoms with Crippen molar-refractivity contribution < 1.29 is 14.0 Å². The summed E-state index contributed by atoms with van der Waals surface area (Å²) in [4.78, 5) is 4.36. The molecule has 0 saturated heterocycles. The fraction of sp³-hybridized carbons (Fsp3) is 0.444. The Kier molecular flexibility index (Phi) is 6.55. The van der Waals surface area contributed by atoms with Gasteiger partial charge in [0.2, 0.25) is 0 Å². The molecular weight excluding hydrogens is 377 g/mol. The van der Waals surface area contributed by atoms with E-state index in [1.54, 1.807) is 19.3 Å². The molecule has 0 aliphatic heterocycles. The number of hydrogen-bond acceptors (Lipinski definition) is 6. The van der Waals surface area contributed by atoms with Crippen molar-refractivity contribution in [1.82, 2.24) is 10.1 Å². The second kappa shape index (κ2) is 8.29. The maximum Gasteiger partial charge on any atom is 0.250 e. The molecule has 0 radical (unpaired) electrons. The van der Waals surface area contributed by atoms with E-state index in [1.165, 1.54) is 0 Å². The zero-order valence-electron chi connectivity index (χ0n) is 15.0. The summed E-state index contributed by atoms with van der Waals surface area (Å²) >= 11 is 6.32. The van der Waals surface area contributed by atoms with Crippen LogP contribution in [0.25, 0.3) is 12.2 Å². The van der Waals surface area contributed by atoms with Crippen LogP contribution in [0.3, 0.4) is 0 Å². The quantitative estimate of drug-likeness (QED) is 0.772. The summed E-state index contributed by atoms with van der Waals surface area (Å²) in [7, 11) is 1.58. The number of ether oxygens (including phenoxy) is 2. The van der Waals surface area contributed by atoms with Gasteiger partial charge in [0.25, 0.3) is 5.89 Å². The number of nitrogens with zero attached hydrogens (tertiary/aromatic N) is 2. The minimum absolute atomic E-state index is 0. The van der Waals surface area contributed by atoms with Gasteiger partial charge in [-0.3, -0.25) is 0 Å². The fourth-order valence-corrected chi connectivity index (χ4v) is 2.90. The lowest BCUT2D eigenvalue weighted by atomic mass is 9.77. The average molecular weight is 400 g/mol. The molecule has 0 spiro atoms. The van der Waals surface area contributed by atoms with E-state index in [4.69, 9.17) is 31.3 Å². The van der Waals surface area contributed by atoms with Gasteiger partial charge in [-0.2, -0.15) is 4.98 Å². The van der Waals surface area contributed by atoms with Gasteiger partial charge in [0.15, 0.2) is 17.3 Å². The molecule has 0 unspecified atom stereocenters. The van der Waals surface area contributed by atoms with E-state index in [1.807, 2.05) is 26.0 Å². The SMILES string of the molecule is COc1cc(/C=C/c2nc(C3(N)CCC3)no2)cc(Cl)c1OC(C)C.Cl. The Morgan fingerprint density at radius 2 is 2.04 bits per heavy atom. The van der Waals surface area contributed by atoms with Crippen LogP contribution in [0.4, 0.5) is 0 Å². The molecule has 1 aromatic heterocycles. The van der Waals surface area contributed by atoms with E-state index < -0.39 is 5.54 Å². The first-order valence-corrected chi connectivity index (χ1v) is 8.64. The molecule has 0 bridgehead atoms. The summed E-state index contributed by atoms with van der Waals surface area (Å²) in [6.45, 7) is 3.87. The van der Waals surface area contributed by atoms with Gasteiger partial charge in [-0.05, 0) is 56.9 Å². The van der Waals surface area contributed by atoms with Crippen molar-refractivity contribution in [2.75, 3.05) is 7.11 Å². The molecule has 26 heavy (non-hydrogen) atoms. The topological polar surface area (TPSA) is 83.4 Å². The molecule has 142 valence electrons. The lowest BCUT2D eigenvalue weighted by Crippen LogP contribution is -2.44. The second-order valence-electron chi connectivity index (χ2n) is 6.50. The lowest BCUT2D eigenvalue weighted by molar-refractivity contribution is 0.229. The molecular formula is C18H23Cl2N3O3. The zero-order chi connectivity index (χ0) is 18.0. The third-order valence-electron chi connectivity index (χ3n) is 4.16. The zero-order valence-corrected chi connectivity index (χ0v) is 16.6. The lowest BCUT2D eigenvalue weighted by Gasteiger charge is -2.34. The van der Waals surface area contributed by atoms with Crippen molar-refractivity contribution >= 4 is 36.2 Å². The van der Waals surface area contributed by atoms with Crippen molar-refractivity contribution in [2.24, 2.45) is 5.73 Å². The summed E-state index contributed by atoms with van der Waals surface area (Å²) in [5, 5.41) is 4.47. The normalized spacial score (nSPS) is 15.6.